The van der Waals surface area contributed by atoms with Crippen molar-refractivity contribution in [3.8, 4) is 0 Å². The first-order chi connectivity index (χ1) is 8.29. The number of halogens is 1. The van der Waals surface area contributed by atoms with E-state index in [9.17, 15) is 0 Å². The zero-order valence-electron chi connectivity index (χ0n) is 9.81. The third-order valence-corrected chi connectivity index (χ3v) is 3.06. The number of hydrogen-bond donors (Lipinski definition) is 0. The fourth-order valence-corrected chi connectivity index (χ4v) is 2.07. The van der Waals surface area contributed by atoms with Crippen LogP contribution in [0.2, 0.25) is 0 Å². The van der Waals surface area contributed by atoms with E-state index in [1.807, 2.05) is 24.3 Å². The lowest BCUT2D eigenvalue weighted by Gasteiger charge is -2.22. The van der Waals surface area contributed by atoms with E-state index >= 15 is 0 Å². The highest BCUT2D eigenvalue weighted by Gasteiger charge is 2.06. The van der Waals surface area contributed by atoms with Crippen LogP contribution < -0.4 is 4.90 Å². The Labute approximate surface area is 110 Å². The maximum atomic E-state index is 4.48. The average Bonchev–Trinajstić information content (AvgIpc) is 2.37. The van der Waals surface area contributed by atoms with Gasteiger partial charge in [0.2, 0.25) is 0 Å². The largest absolute Gasteiger partial charge is 0.353 e. The van der Waals surface area contributed by atoms with E-state index in [1.165, 1.54) is 5.56 Å². The van der Waals surface area contributed by atoms with E-state index in [0.717, 1.165) is 23.5 Å². The molecule has 0 aliphatic rings. The van der Waals surface area contributed by atoms with Crippen LogP contribution in [0.3, 0.4) is 0 Å². The van der Waals surface area contributed by atoms with Gasteiger partial charge in [-0.2, -0.15) is 0 Å². The van der Waals surface area contributed by atoms with Gasteiger partial charge in [-0.25, -0.2) is 4.98 Å². The summed E-state index contributed by atoms with van der Waals surface area (Å²) in [7, 11) is 0. The van der Waals surface area contributed by atoms with Crippen molar-refractivity contribution in [1.29, 1.82) is 0 Å². The van der Waals surface area contributed by atoms with Gasteiger partial charge in [0.1, 0.15) is 10.4 Å². The second-order valence-corrected chi connectivity index (χ2v) is 4.63. The first-order valence-electron chi connectivity index (χ1n) is 5.71. The number of pyridine rings is 1. The predicted molar refractivity (Wildman–Crippen MR) is 75.1 cm³/mol. The summed E-state index contributed by atoms with van der Waals surface area (Å²) in [4.78, 5) is 6.73. The summed E-state index contributed by atoms with van der Waals surface area (Å²) in [5.74, 6) is 1.01. The van der Waals surface area contributed by atoms with Crippen LogP contribution in [0.1, 0.15) is 12.5 Å². The van der Waals surface area contributed by atoms with Crippen molar-refractivity contribution in [1.82, 2.24) is 4.98 Å². The van der Waals surface area contributed by atoms with Crippen LogP contribution in [-0.4, -0.2) is 11.5 Å². The van der Waals surface area contributed by atoms with Crippen LogP contribution in [0.4, 0.5) is 5.82 Å². The number of rotatable bonds is 4. The highest BCUT2D eigenvalue weighted by Crippen LogP contribution is 2.17. The summed E-state index contributed by atoms with van der Waals surface area (Å²) in [5, 5.41) is 0. The minimum Gasteiger partial charge on any atom is -0.353 e. The molecule has 0 amide bonds. The van der Waals surface area contributed by atoms with Gasteiger partial charge in [-0.1, -0.05) is 36.4 Å². The molecule has 0 spiro atoms. The molecular formula is C14H15BrN2. The summed E-state index contributed by atoms with van der Waals surface area (Å²) in [6, 6.07) is 16.4. The van der Waals surface area contributed by atoms with Gasteiger partial charge in [0, 0.05) is 13.1 Å². The molecule has 2 rings (SSSR count). The smallest absolute Gasteiger partial charge is 0.130 e. The van der Waals surface area contributed by atoms with Gasteiger partial charge in [0.05, 0.1) is 0 Å². The van der Waals surface area contributed by atoms with Crippen molar-refractivity contribution in [2.45, 2.75) is 13.5 Å². The molecule has 0 saturated heterocycles. The summed E-state index contributed by atoms with van der Waals surface area (Å²) in [6.07, 6.45) is 0. The molecule has 0 saturated carbocycles. The third kappa shape index (κ3) is 3.30. The van der Waals surface area contributed by atoms with E-state index in [0.29, 0.717) is 0 Å². The van der Waals surface area contributed by atoms with E-state index in [2.05, 4.69) is 57.0 Å². The lowest BCUT2D eigenvalue weighted by molar-refractivity contribution is 0.812. The monoisotopic (exact) mass is 290 g/mol. The zero-order valence-corrected chi connectivity index (χ0v) is 11.4. The molecule has 0 atom stereocenters. The van der Waals surface area contributed by atoms with Gasteiger partial charge < -0.3 is 4.90 Å². The number of anilines is 1. The summed E-state index contributed by atoms with van der Waals surface area (Å²) >= 11 is 3.41. The van der Waals surface area contributed by atoms with Crippen molar-refractivity contribution >= 4 is 21.7 Å². The Balaban J connectivity index is 2.17. The first-order valence-corrected chi connectivity index (χ1v) is 6.50. The fraction of sp³-hybridized carbons (Fsp3) is 0.214. The Kier molecular flexibility index (Phi) is 4.15. The highest BCUT2D eigenvalue weighted by atomic mass is 79.9. The molecule has 2 aromatic rings. The predicted octanol–water partition coefficient (Wildman–Crippen LogP) is 3.87. The lowest BCUT2D eigenvalue weighted by Crippen LogP contribution is -2.22. The van der Waals surface area contributed by atoms with E-state index < -0.39 is 0 Å². The van der Waals surface area contributed by atoms with Gasteiger partial charge in [0.15, 0.2) is 0 Å². The molecule has 2 nitrogen and oxygen atoms in total. The summed E-state index contributed by atoms with van der Waals surface area (Å²) in [6.45, 7) is 3.98. The molecule has 3 heteroatoms. The molecule has 0 N–H and O–H groups in total. The van der Waals surface area contributed by atoms with Crippen LogP contribution in [0, 0.1) is 0 Å². The average molecular weight is 291 g/mol. The van der Waals surface area contributed by atoms with Gasteiger partial charge in [0.25, 0.3) is 0 Å². The van der Waals surface area contributed by atoms with Crippen LogP contribution in [0.25, 0.3) is 0 Å². The molecule has 88 valence electrons. The molecule has 0 fully saturated rings. The molecule has 0 aliphatic carbocycles. The number of benzene rings is 1. The number of hydrogen-bond acceptors (Lipinski definition) is 2. The second kappa shape index (κ2) is 5.82. The Morgan fingerprint density at radius 1 is 1.06 bits per heavy atom. The van der Waals surface area contributed by atoms with Gasteiger partial charge in [-0.05, 0) is 40.5 Å². The molecule has 1 heterocycles. The SMILES string of the molecule is CCN(Cc1ccccc1)c1cccc(Br)n1. The van der Waals surface area contributed by atoms with Gasteiger partial charge in [-0.15, -0.1) is 0 Å². The maximum absolute atomic E-state index is 4.48. The van der Waals surface area contributed by atoms with Crippen LogP contribution in [0.15, 0.2) is 53.1 Å². The molecule has 0 aliphatic heterocycles. The third-order valence-electron chi connectivity index (χ3n) is 2.62. The van der Waals surface area contributed by atoms with Crippen molar-refractivity contribution in [2.75, 3.05) is 11.4 Å². The number of nitrogens with zero attached hydrogens (tertiary/aromatic N) is 2. The van der Waals surface area contributed by atoms with Gasteiger partial charge in [-0.3, -0.25) is 0 Å². The van der Waals surface area contributed by atoms with Gasteiger partial charge >= 0.3 is 0 Å². The number of aromatic nitrogens is 1. The standard InChI is InChI=1S/C14H15BrN2/c1-2-17(11-12-7-4-3-5-8-12)14-10-6-9-13(15)16-14/h3-10H,2,11H2,1H3. The quantitative estimate of drug-likeness (QED) is 0.795. The Bertz CT molecular complexity index is 471. The van der Waals surface area contributed by atoms with Crippen molar-refractivity contribution in [3.05, 3.63) is 58.7 Å². The van der Waals surface area contributed by atoms with Crippen LogP contribution >= 0.6 is 15.9 Å². The van der Waals surface area contributed by atoms with Crippen molar-refractivity contribution < 1.29 is 0 Å². The van der Waals surface area contributed by atoms with Crippen molar-refractivity contribution in [2.24, 2.45) is 0 Å². The minimum atomic E-state index is 0.876. The summed E-state index contributed by atoms with van der Waals surface area (Å²) in [5.41, 5.74) is 1.30. The zero-order chi connectivity index (χ0) is 12.1. The Morgan fingerprint density at radius 3 is 2.47 bits per heavy atom. The molecule has 0 unspecified atom stereocenters. The molecule has 17 heavy (non-hydrogen) atoms. The summed E-state index contributed by atoms with van der Waals surface area (Å²) < 4.78 is 0.876. The first kappa shape index (κ1) is 12.1. The lowest BCUT2D eigenvalue weighted by atomic mass is 10.2. The van der Waals surface area contributed by atoms with E-state index in [1.54, 1.807) is 0 Å². The van der Waals surface area contributed by atoms with E-state index in [-0.39, 0.29) is 0 Å². The Morgan fingerprint density at radius 2 is 1.82 bits per heavy atom. The van der Waals surface area contributed by atoms with Crippen LogP contribution in [0.5, 0.6) is 0 Å². The topological polar surface area (TPSA) is 16.1 Å². The molecular weight excluding hydrogens is 276 g/mol. The Hall–Kier alpha value is -1.35. The molecule has 0 radical (unpaired) electrons. The molecule has 1 aromatic carbocycles. The highest BCUT2D eigenvalue weighted by molar-refractivity contribution is 9.10. The normalized spacial score (nSPS) is 10.2. The molecule has 1 aromatic heterocycles. The maximum Gasteiger partial charge on any atom is 0.130 e. The van der Waals surface area contributed by atoms with E-state index in [4.69, 9.17) is 0 Å². The molecule has 0 bridgehead atoms. The van der Waals surface area contributed by atoms with Crippen molar-refractivity contribution in [3.63, 3.8) is 0 Å². The van der Waals surface area contributed by atoms with Crippen LogP contribution in [-0.2, 0) is 6.54 Å². The minimum absolute atomic E-state index is 0.876. The fourth-order valence-electron chi connectivity index (χ4n) is 1.73. The second-order valence-electron chi connectivity index (χ2n) is 3.82.